The van der Waals surface area contributed by atoms with Crippen LogP contribution in [0.1, 0.15) is 25.3 Å². The summed E-state index contributed by atoms with van der Waals surface area (Å²) in [7, 11) is 0. The highest BCUT2D eigenvalue weighted by atomic mass is 32.1. The summed E-state index contributed by atoms with van der Waals surface area (Å²) in [5.74, 6) is 0.347. The number of carboxylic acids is 1. The van der Waals surface area contributed by atoms with Gasteiger partial charge in [-0.3, -0.25) is 0 Å². The maximum absolute atomic E-state index is 8.89. The van der Waals surface area contributed by atoms with Gasteiger partial charge in [-0.2, -0.15) is 0 Å². The predicted octanol–water partition coefficient (Wildman–Crippen LogP) is -0.366. The molecule has 5 heteroatoms. The van der Waals surface area contributed by atoms with Gasteiger partial charge in [-0.1, -0.05) is 37.3 Å². The van der Waals surface area contributed by atoms with Crippen LogP contribution in [-0.4, -0.2) is 16.8 Å². The number of rotatable bonds is 3. The van der Waals surface area contributed by atoms with Crippen molar-refractivity contribution in [3.8, 4) is 0 Å². The van der Waals surface area contributed by atoms with E-state index >= 15 is 0 Å². The van der Waals surface area contributed by atoms with E-state index < -0.39 is 5.97 Å². The van der Waals surface area contributed by atoms with Crippen molar-refractivity contribution in [2.24, 2.45) is 11.5 Å². The maximum atomic E-state index is 8.89. The predicted molar refractivity (Wildman–Crippen MR) is 71.2 cm³/mol. The SMILES string of the molecule is CC(=O)[O-].CC(C[S+]=C(N)N)c1ccccc1. The molecule has 94 valence electrons. The Kier molecular flexibility index (Phi) is 8.13. The maximum Gasteiger partial charge on any atom is 0.314 e. The van der Waals surface area contributed by atoms with Gasteiger partial charge in [-0.05, 0) is 12.5 Å². The first-order chi connectivity index (χ1) is 7.93. The van der Waals surface area contributed by atoms with E-state index in [1.54, 1.807) is 0 Å². The summed E-state index contributed by atoms with van der Waals surface area (Å²) in [5, 5.41) is 9.34. The third-order valence-electron chi connectivity index (χ3n) is 1.87. The molecule has 1 aromatic carbocycles. The van der Waals surface area contributed by atoms with Crippen molar-refractivity contribution in [3.05, 3.63) is 35.9 Å². The highest BCUT2D eigenvalue weighted by Gasteiger charge is 2.10. The van der Waals surface area contributed by atoms with Gasteiger partial charge in [0.05, 0.1) is 0 Å². The molecule has 1 unspecified atom stereocenters. The monoisotopic (exact) mass is 254 g/mol. The molecule has 0 bridgehead atoms. The standard InChI is InChI=1S/C10H15N2S.C2H4O2/c1-8(7-13-10(11)12)9-5-3-2-4-6-9;1-2(3)4/h2-6,8H,7,11-12H2,1H3;1H3,(H,3,4)/q+1;/p-1. The van der Waals surface area contributed by atoms with E-state index in [9.17, 15) is 0 Å². The third-order valence-corrected chi connectivity index (χ3v) is 2.87. The molecular weight excluding hydrogens is 236 g/mol. The molecule has 4 nitrogen and oxygen atoms in total. The molecule has 0 radical (unpaired) electrons. The van der Waals surface area contributed by atoms with E-state index in [2.05, 4.69) is 19.1 Å². The molecule has 0 saturated heterocycles. The molecule has 0 amide bonds. The van der Waals surface area contributed by atoms with Gasteiger partial charge in [0.1, 0.15) is 0 Å². The molecule has 0 aromatic heterocycles. The molecule has 0 spiro atoms. The summed E-state index contributed by atoms with van der Waals surface area (Å²) < 4.78 is 0. The minimum absolute atomic E-state index is 0.447. The molecule has 0 aliphatic carbocycles. The second kappa shape index (κ2) is 8.81. The van der Waals surface area contributed by atoms with E-state index in [-0.39, 0.29) is 0 Å². The zero-order valence-electron chi connectivity index (χ0n) is 10.1. The molecule has 0 aliphatic heterocycles. The number of aliphatic carboxylic acids is 1. The van der Waals surface area contributed by atoms with Gasteiger partial charge in [0.15, 0.2) is 5.75 Å². The van der Waals surface area contributed by atoms with Gasteiger partial charge in [0.25, 0.3) is 0 Å². The second-order valence-corrected chi connectivity index (χ2v) is 4.61. The van der Waals surface area contributed by atoms with Gasteiger partial charge < -0.3 is 9.90 Å². The summed E-state index contributed by atoms with van der Waals surface area (Å²) in [6.45, 7) is 3.14. The summed E-state index contributed by atoms with van der Waals surface area (Å²) in [6.07, 6.45) is 0. The van der Waals surface area contributed by atoms with Crippen LogP contribution in [0.15, 0.2) is 30.3 Å². The number of benzene rings is 1. The first-order valence-corrected chi connectivity index (χ1v) is 6.15. The van der Waals surface area contributed by atoms with Crippen LogP contribution in [-0.2, 0) is 16.1 Å². The zero-order valence-corrected chi connectivity index (χ0v) is 10.9. The van der Waals surface area contributed by atoms with Gasteiger partial charge >= 0.3 is 5.11 Å². The largest absolute Gasteiger partial charge is 0.550 e. The van der Waals surface area contributed by atoms with Crippen LogP contribution in [0.3, 0.4) is 0 Å². The van der Waals surface area contributed by atoms with Gasteiger partial charge in [0, 0.05) is 11.9 Å². The molecule has 0 heterocycles. The lowest BCUT2D eigenvalue weighted by Crippen LogP contribution is -2.24. The Morgan fingerprint density at radius 3 is 2.24 bits per heavy atom. The lowest BCUT2D eigenvalue weighted by atomic mass is 10.0. The number of nitrogens with two attached hydrogens (primary N) is 2. The van der Waals surface area contributed by atoms with Crippen LogP contribution >= 0.6 is 0 Å². The van der Waals surface area contributed by atoms with Gasteiger partial charge in [-0.15, -0.1) is 0 Å². The Morgan fingerprint density at radius 2 is 1.82 bits per heavy atom. The van der Waals surface area contributed by atoms with E-state index in [1.165, 1.54) is 16.9 Å². The number of hydrogen-bond donors (Lipinski definition) is 2. The Labute approximate surface area is 106 Å². The van der Waals surface area contributed by atoms with Crippen LogP contribution in [0.25, 0.3) is 0 Å². The Hall–Kier alpha value is -1.30. The van der Waals surface area contributed by atoms with Gasteiger partial charge in [-0.25, -0.2) is 11.5 Å². The highest BCUT2D eigenvalue weighted by Crippen LogP contribution is 2.13. The smallest absolute Gasteiger partial charge is 0.314 e. The summed E-state index contributed by atoms with van der Waals surface area (Å²) in [5.41, 5.74) is 12.1. The molecule has 0 aliphatic rings. The van der Waals surface area contributed by atoms with Crippen molar-refractivity contribution in [3.63, 3.8) is 0 Å². The first kappa shape index (κ1) is 15.7. The summed E-state index contributed by atoms with van der Waals surface area (Å²) in [4.78, 5) is 8.89. The van der Waals surface area contributed by atoms with Crippen molar-refractivity contribution in [2.75, 3.05) is 5.75 Å². The molecular formula is C12H18N2O2S. The second-order valence-electron chi connectivity index (χ2n) is 3.52. The summed E-state index contributed by atoms with van der Waals surface area (Å²) in [6, 6.07) is 10.4. The molecule has 0 fully saturated rings. The molecule has 1 atom stereocenters. The molecule has 17 heavy (non-hydrogen) atoms. The van der Waals surface area contributed by atoms with E-state index in [0.29, 0.717) is 11.0 Å². The number of hydrogen-bond acceptors (Lipinski definition) is 2. The van der Waals surface area contributed by atoms with Crippen LogP contribution in [0.2, 0.25) is 0 Å². The number of carbonyl (C=O) groups is 1. The number of carboxylic acid groups (broad SMARTS) is 1. The fourth-order valence-electron chi connectivity index (χ4n) is 1.10. The van der Waals surface area contributed by atoms with Crippen molar-refractivity contribution >= 4 is 22.4 Å². The van der Waals surface area contributed by atoms with E-state index in [0.717, 1.165) is 12.7 Å². The average molecular weight is 254 g/mol. The minimum atomic E-state index is -1.08. The average Bonchev–Trinajstić information content (AvgIpc) is 2.26. The Morgan fingerprint density at radius 1 is 1.35 bits per heavy atom. The third kappa shape index (κ3) is 9.62. The van der Waals surface area contributed by atoms with Crippen molar-refractivity contribution in [1.82, 2.24) is 0 Å². The lowest BCUT2D eigenvalue weighted by Gasteiger charge is -2.02. The lowest BCUT2D eigenvalue weighted by molar-refractivity contribution is -0.302. The van der Waals surface area contributed by atoms with E-state index in [1.807, 2.05) is 18.2 Å². The quantitative estimate of drug-likeness (QED) is 0.569. The topological polar surface area (TPSA) is 92.2 Å². The Balaban J connectivity index is 0.000000557. The molecule has 1 rings (SSSR count). The minimum Gasteiger partial charge on any atom is -0.550 e. The molecule has 0 saturated carbocycles. The van der Waals surface area contributed by atoms with Crippen LogP contribution in [0.4, 0.5) is 0 Å². The Bertz CT molecular complexity index is 358. The highest BCUT2D eigenvalue weighted by molar-refractivity contribution is 7.78. The number of carbonyl (C=O) groups excluding carboxylic acids is 1. The van der Waals surface area contributed by atoms with Crippen molar-refractivity contribution in [1.29, 1.82) is 0 Å². The fourth-order valence-corrected chi connectivity index (χ4v) is 1.73. The van der Waals surface area contributed by atoms with Crippen LogP contribution < -0.4 is 16.6 Å². The first-order valence-electron chi connectivity index (χ1n) is 5.16. The zero-order chi connectivity index (χ0) is 13.3. The normalized spacial score (nSPS) is 10.8. The van der Waals surface area contributed by atoms with Crippen LogP contribution in [0, 0.1) is 0 Å². The summed E-state index contributed by atoms with van der Waals surface area (Å²) >= 11 is 1.51. The van der Waals surface area contributed by atoms with Crippen molar-refractivity contribution < 1.29 is 9.90 Å². The van der Waals surface area contributed by atoms with Crippen LogP contribution in [0.5, 0.6) is 0 Å². The molecule has 4 N–H and O–H groups in total. The molecule has 1 aromatic rings. The van der Waals surface area contributed by atoms with E-state index in [4.69, 9.17) is 21.4 Å². The fraction of sp³-hybridized carbons (Fsp3) is 0.333. The van der Waals surface area contributed by atoms with Crippen molar-refractivity contribution in [2.45, 2.75) is 19.8 Å². The van der Waals surface area contributed by atoms with Gasteiger partial charge in [0.2, 0.25) is 11.4 Å².